The summed E-state index contributed by atoms with van der Waals surface area (Å²) in [7, 11) is 0. The van der Waals surface area contributed by atoms with E-state index in [-0.39, 0.29) is 6.42 Å². The Kier molecular flexibility index (Phi) is 2.73. The summed E-state index contributed by atoms with van der Waals surface area (Å²) in [6.45, 7) is 4.90. The van der Waals surface area contributed by atoms with Gasteiger partial charge in [-0.15, -0.1) is 0 Å². The van der Waals surface area contributed by atoms with Gasteiger partial charge in [0, 0.05) is 0 Å². The maximum Gasteiger partial charge on any atom is 0.307 e. The van der Waals surface area contributed by atoms with Gasteiger partial charge in [0.15, 0.2) is 11.5 Å². The third-order valence-corrected chi connectivity index (χ3v) is 2.84. The van der Waals surface area contributed by atoms with Gasteiger partial charge in [0.25, 0.3) is 0 Å². The van der Waals surface area contributed by atoms with Gasteiger partial charge < -0.3 is 14.6 Å². The van der Waals surface area contributed by atoms with Crippen LogP contribution in [-0.2, 0) is 11.2 Å². The number of ether oxygens (including phenoxy) is 2. The standard InChI is InChI=1S/C12H14O4/c1-7-8(2)12-10(15-3-4-16-12)5-9(7)6-11(13)14/h5H,3-4,6H2,1-2H3,(H,13,14). The summed E-state index contributed by atoms with van der Waals surface area (Å²) in [5.74, 6) is 0.572. The molecule has 4 nitrogen and oxygen atoms in total. The van der Waals surface area contributed by atoms with Gasteiger partial charge in [-0.05, 0) is 36.6 Å². The molecular weight excluding hydrogens is 208 g/mol. The van der Waals surface area contributed by atoms with Gasteiger partial charge in [0.1, 0.15) is 13.2 Å². The molecule has 1 aromatic carbocycles. The minimum atomic E-state index is -0.834. The van der Waals surface area contributed by atoms with E-state index in [0.717, 1.165) is 22.4 Å². The molecule has 0 amide bonds. The fourth-order valence-electron chi connectivity index (χ4n) is 1.86. The van der Waals surface area contributed by atoms with Gasteiger partial charge in [-0.1, -0.05) is 0 Å². The van der Waals surface area contributed by atoms with Crippen molar-refractivity contribution >= 4 is 5.97 Å². The van der Waals surface area contributed by atoms with Crippen LogP contribution in [0, 0.1) is 13.8 Å². The molecule has 0 radical (unpaired) electrons. The van der Waals surface area contributed by atoms with E-state index in [0.29, 0.717) is 19.0 Å². The fraction of sp³-hybridized carbons (Fsp3) is 0.417. The van der Waals surface area contributed by atoms with Crippen molar-refractivity contribution < 1.29 is 19.4 Å². The average molecular weight is 222 g/mol. The van der Waals surface area contributed by atoms with Crippen LogP contribution in [0.25, 0.3) is 0 Å². The molecule has 1 aliphatic heterocycles. The van der Waals surface area contributed by atoms with Crippen LogP contribution in [0.5, 0.6) is 11.5 Å². The first kappa shape index (κ1) is 10.8. The minimum absolute atomic E-state index is 0.0172. The van der Waals surface area contributed by atoms with E-state index in [1.807, 2.05) is 13.8 Å². The number of carboxylic acid groups (broad SMARTS) is 1. The van der Waals surface area contributed by atoms with Crippen LogP contribution in [0.1, 0.15) is 16.7 Å². The molecule has 0 spiro atoms. The monoisotopic (exact) mass is 222 g/mol. The molecule has 0 atom stereocenters. The molecule has 0 saturated carbocycles. The fourth-order valence-corrected chi connectivity index (χ4v) is 1.86. The lowest BCUT2D eigenvalue weighted by Gasteiger charge is -2.22. The first-order valence-corrected chi connectivity index (χ1v) is 5.20. The van der Waals surface area contributed by atoms with Crippen LogP contribution in [0.4, 0.5) is 0 Å². The lowest BCUT2D eigenvalue weighted by molar-refractivity contribution is -0.136. The minimum Gasteiger partial charge on any atom is -0.486 e. The Morgan fingerprint density at radius 3 is 2.69 bits per heavy atom. The van der Waals surface area contributed by atoms with E-state index in [1.54, 1.807) is 6.07 Å². The van der Waals surface area contributed by atoms with Crippen molar-refractivity contribution in [1.29, 1.82) is 0 Å². The van der Waals surface area contributed by atoms with E-state index in [9.17, 15) is 4.79 Å². The van der Waals surface area contributed by atoms with Crippen LogP contribution in [0.15, 0.2) is 6.07 Å². The van der Waals surface area contributed by atoms with Crippen molar-refractivity contribution in [3.63, 3.8) is 0 Å². The molecule has 0 bridgehead atoms. The van der Waals surface area contributed by atoms with Crippen LogP contribution in [0.3, 0.4) is 0 Å². The Bertz CT molecular complexity index is 437. The maximum atomic E-state index is 10.7. The Morgan fingerprint density at radius 2 is 2.00 bits per heavy atom. The second-order valence-electron chi connectivity index (χ2n) is 3.88. The van der Waals surface area contributed by atoms with Crippen molar-refractivity contribution in [1.82, 2.24) is 0 Å². The summed E-state index contributed by atoms with van der Waals surface area (Å²) in [6, 6.07) is 1.77. The number of carboxylic acids is 1. The predicted octanol–water partition coefficient (Wildman–Crippen LogP) is 1.70. The van der Waals surface area contributed by atoms with Crippen LogP contribution < -0.4 is 9.47 Å². The lowest BCUT2D eigenvalue weighted by Crippen LogP contribution is -2.17. The number of rotatable bonds is 2. The average Bonchev–Trinajstić information content (AvgIpc) is 2.25. The molecule has 1 heterocycles. The Hall–Kier alpha value is -1.71. The summed E-state index contributed by atoms with van der Waals surface area (Å²) in [4.78, 5) is 10.7. The summed E-state index contributed by atoms with van der Waals surface area (Å²) in [5, 5.41) is 8.81. The number of aliphatic carboxylic acids is 1. The quantitative estimate of drug-likeness (QED) is 0.827. The molecule has 0 fully saturated rings. The smallest absolute Gasteiger partial charge is 0.307 e. The molecule has 2 rings (SSSR count). The molecule has 0 aliphatic carbocycles. The molecule has 86 valence electrons. The number of hydrogen-bond donors (Lipinski definition) is 1. The molecule has 1 aromatic rings. The van der Waals surface area contributed by atoms with E-state index in [2.05, 4.69) is 0 Å². The van der Waals surface area contributed by atoms with Crippen molar-refractivity contribution in [2.24, 2.45) is 0 Å². The van der Waals surface area contributed by atoms with E-state index in [4.69, 9.17) is 14.6 Å². The third kappa shape index (κ3) is 1.83. The largest absolute Gasteiger partial charge is 0.486 e. The zero-order valence-corrected chi connectivity index (χ0v) is 9.37. The van der Waals surface area contributed by atoms with Gasteiger partial charge in [0.2, 0.25) is 0 Å². The number of carbonyl (C=O) groups is 1. The Labute approximate surface area is 93.8 Å². The van der Waals surface area contributed by atoms with E-state index >= 15 is 0 Å². The number of benzene rings is 1. The first-order valence-electron chi connectivity index (χ1n) is 5.20. The summed E-state index contributed by atoms with van der Waals surface area (Å²) >= 11 is 0. The molecular formula is C12H14O4. The SMILES string of the molecule is Cc1c(CC(=O)O)cc2c(c1C)OCCO2. The molecule has 0 saturated heterocycles. The van der Waals surface area contributed by atoms with Gasteiger partial charge in [-0.2, -0.15) is 0 Å². The summed E-state index contributed by atoms with van der Waals surface area (Å²) in [6.07, 6.45) is 0.0172. The Morgan fingerprint density at radius 1 is 1.31 bits per heavy atom. The van der Waals surface area contributed by atoms with Crippen LogP contribution >= 0.6 is 0 Å². The molecule has 4 heteroatoms. The zero-order valence-electron chi connectivity index (χ0n) is 9.37. The Balaban J connectivity index is 2.48. The van der Waals surface area contributed by atoms with Crippen molar-refractivity contribution in [3.8, 4) is 11.5 Å². The number of hydrogen-bond acceptors (Lipinski definition) is 3. The molecule has 1 aliphatic rings. The van der Waals surface area contributed by atoms with Gasteiger partial charge >= 0.3 is 5.97 Å². The summed E-state index contributed by atoms with van der Waals surface area (Å²) < 4.78 is 11.0. The van der Waals surface area contributed by atoms with Crippen LogP contribution in [-0.4, -0.2) is 24.3 Å². The number of fused-ring (bicyclic) bond motifs is 1. The normalized spacial score (nSPS) is 13.6. The highest BCUT2D eigenvalue weighted by Crippen LogP contribution is 2.37. The maximum absolute atomic E-state index is 10.7. The second-order valence-corrected chi connectivity index (χ2v) is 3.88. The zero-order chi connectivity index (χ0) is 11.7. The van der Waals surface area contributed by atoms with Crippen LogP contribution in [0.2, 0.25) is 0 Å². The van der Waals surface area contributed by atoms with Gasteiger partial charge in [0.05, 0.1) is 6.42 Å². The van der Waals surface area contributed by atoms with Gasteiger partial charge in [-0.3, -0.25) is 4.79 Å². The summed E-state index contributed by atoms with van der Waals surface area (Å²) in [5.41, 5.74) is 2.72. The molecule has 0 aromatic heterocycles. The molecule has 0 unspecified atom stereocenters. The highest BCUT2D eigenvalue weighted by Gasteiger charge is 2.19. The first-order chi connectivity index (χ1) is 7.59. The molecule has 1 N–H and O–H groups in total. The second kappa shape index (κ2) is 4.04. The predicted molar refractivity (Wildman–Crippen MR) is 58.2 cm³/mol. The van der Waals surface area contributed by atoms with Gasteiger partial charge in [-0.25, -0.2) is 0 Å². The highest BCUT2D eigenvalue weighted by molar-refractivity contribution is 5.72. The van der Waals surface area contributed by atoms with Crippen molar-refractivity contribution in [2.45, 2.75) is 20.3 Å². The lowest BCUT2D eigenvalue weighted by atomic mass is 9.99. The highest BCUT2D eigenvalue weighted by atomic mass is 16.6. The molecule has 16 heavy (non-hydrogen) atoms. The van der Waals surface area contributed by atoms with Crippen molar-refractivity contribution in [3.05, 3.63) is 22.8 Å². The third-order valence-electron chi connectivity index (χ3n) is 2.84. The topological polar surface area (TPSA) is 55.8 Å². The van der Waals surface area contributed by atoms with E-state index < -0.39 is 5.97 Å². The van der Waals surface area contributed by atoms with Crippen molar-refractivity contribution in [2.75, 3.05) is 13.2 Å². The van der Waals surface area contributed by atoms with E-state index in [1.165, 1.54) is 0 Å².